The fourth-order valence-corrected chi connectivity index (χ4v) is 3.29. The van der Waals surface area contributed by atoms with Crippen LogP contribution in [-0.4, -0.2) is 31.3 Å². The highest BCUT2D eigenvalue weighted by molar-refractivity contribution is 4.63. The maximum atomic E-state index is 6.37. The van der Waals surface area contributed by atoms with Gasteiger partial charge in [-0.1, -0.05) is 92.4 Å². The van der Waals surface area contributed by atoms with Crippen LogP contribution < -0.4 is 0 Å². The van der Waals surface area contributed by atoms with E-state index in [4.69, 9.17) is 14.2 Å². The lowest BCUT2D eigenvalue weighted by Crippen LogP contribution is -2.41. The molecule has 4 nitrogen and oxygen atoms in total. The lowest BCUT2D eigenvalue weighted by atomic mass is 10.1. The average molecular weight is 405 g/mol. The zero-order chi connectivity index (χ0) is 20.2. The molecule has 0 aliphatic carbocycles. The normalized spacial score (nSPS) is 14.5. The Morgan fingerprint density at radius 2 is 1.11 bits per heavy atom. The smallest absolute Gasteiger partial charge is 0.282 e. The minimum atomic E-state index is -0.824. The summed E-state index contributed by atoms with van der Waals surface area (Å²) in [5, 5.41) is 0. The minimum absolute atomic E-state index is 0. The Morgan fingerprint density at radius 1 is 0.607 bits per heavy atom. The van der Waals surface area contributed by atoms with Gasteiger partial charge in [-0.2, -0.15) is 0 Å². The quantitative estimate of drug-likeness (QED) is 0.152. The van der Waals surface area contributed by atoms with Gasteiger partial charge in [0, 0.05) is 6.42 Å². The van der Waals surface area contributed by atoms with Crippen molar-refractivity contribution >= 4 is 0 Å². The summed E-state index contributed by atoms with van der Waals surface area (Å²) in [6, 6.07) is 0. The zero-order valence-electron chi connectivity index (χ0n) is 19.8. The summed E-state index contributed by atoms with van der Waals surface area (Å²) in [5.41, 5.74) is 0. The standard InChI is InChI=1S/C24H50O3.H2O/c1-6-10-13-15-19-24(25-20-16-12-8-3,26-21-17-14-11-7-2)27-22-23(5)18-9-4;/h23H,6-22H2,1-5H3;1H2. The van der Waals surface area contributed by atoms with E-state index < -0.39 is 5.97 Å². The van der Waals surface area contributed by atoms with Crippen molar-refractivity contribution in [1.82, 2.24) is 0 Å². The molecule has 0 aromatic carbocycles. The number of ether oxygens (including phenoxy) is 3. The number of unbranched alkanes of at least 4 members (excludes halogenated alkanes) is 8. The molecule has 0 radical (unpaired) electrons. The molecule has 0 rings (SSSR count). The second-order valence-electron chi connectivity index (χ2n) is 8.16. The van der Waals surface area contributed by atoms with Crippen LogP contribution in [0.4, 0.5) is 0 Å². The largest absolute Gasteiger partial charge is 0.412 e. The van der Waals surface area contributed by atoms with E-state index in [1.807, 2.05) is 0 Å². The van der Waals surface area contributed by atoms with Gasteiger partial charge in [-0.25, -0.2) is 0 Å². The van der Waals surface area contributed by atoms with E-state index in [2.05, 4.69) is 34.6 Å². The van der Waals surface area contributed by atoms with Crippen LogP contribution in [-0.2, 0) is 14.2 Å². The lowest BCUT2D eigenvalue weighted by Gasteiger charge is -2.34. The molecule has 172 valence electrons. The second kappa shape index (κ2) is 21.5. The van der Waals surface area contributed by atoms with Crippen molar-refractivity contribution in [3.8, 4) is 0 Å². The van der Waals surface area contributed by atoms with Gasteiger partial charge in [-0.05, 0) is 31.6 Å². The number of rotatable bonds is 21. The molecule has 0 bridgehead atoms. The zero-order valence-corrected chi connectivity index (χ0v) is 19.8. The third kappa shape index (κ3) is 16.8. The predicted molar refractivity (Wildman–Crippen MR) is 121 cm³/mol. The van der Waals surface area contributed by atoms with Crippen LogP contribution in [0, 0.1) is 5.92 Å². The van der Waals surface area contributed by atoms with Gasteiger partial charge in [0.2, 0.25) is 0 Å². The van der Waals surface area contributed by atoms with Gasteiger partial charge in [0.05, 0.1) is 19.8 Å². The average Bonchev–Trinajstić information content (AvgIpc) is 2.67. The second-order valence-corrected chi connectivity index (χ2v) is 8.16. The van der Waals surface area contributed by atoms with E-state index >= 15 is 0 Å². The third-order valence-corrected chi connectivity index (χ3v) is 5.10. The summed E-state index contributed by atoms with van der Waals surface area (Å²) in [7, 11) is 0. The molecule has 2 unspecified atom stereocenters. The molecule has 28 heavy (non-hydrogen) atoms. The number of hydrogen-bond donors (Lipinski definition) is 0. The van der Waals surface area contributed by atoms with Crippen LogP contribution in [0.2, 0.25) is 0 Å². The Bertz CT molecular complexity index is 284. The van der Waals surface area contributed by atoms with Gasteiger partial charge >= 0.3 is 0 Å². The topological polar surface area (TPSA) is 59.2 Å². The number of hydrogen-bond acceptors (Lipinski definition) is 3. The van der Waals surface area contributed by atoms with Gasteiger partial charge < -0.3 is 19.7 Å². The monoisotopic (exact) mass is 404 g/mol. The summed E-state index contributed by atoms with van der Waals surface area (Å²) in [6.07, 6.45) is 16.4. The highest BCUT2D eigenvalue weighted by atomic mass is 16.9. The molecule has 2 atom stereocenters. The van der Waals surface area contributed by atoms with Crippen LogP contribution in [0.15, 0.2) is 0 Å². The van der Waals surface area contributed by atoms with Gasteiger partial charge in [0.1, 0.15) is 0 Å². The summed E-state index contributed by atoms with van der Waals surface area (Å²) >= 11 is 0. The minimum Gasteiger partial charge on any atom is -0.412 e. The van der Waals surface area contributed by atoms with E-state index in [0.29, 0.717) is 5.92 Å². The molecule has 0 fully saturated rings. The van der Waals surface area contributed by atoms with Crippen molar-refractivity contribution in [2.45, 2.75) is 130 Å². The third-order valence-electron chi connectivity index (χ3n) is 5.10. The maximum absolute atomic E-state index is 6.37. The van der Waals surface area contributed by atoms with E-state index in [-0.39, 0.29) is 5.48 Å². The molecule has 0 heterocycles. The van der Waals surface area contributed by atoms with Crippen LogP contribution in [0.1, 0.15) is 125 Å². The lowest BCUT2D eigenvalue weighted by molar-refractivity contribution is -0.386. The molecule has 0 saturated carbocycles. The van der Waals surface area contributed by atoms with Crippen LogP contribution >= 0.6 is 0 Å². The molecule has 2 N–H and O–H groups in total. The highest BCUT2D eigenvalue weighted by Gasteiger charge is 2.33. The Hall–Kier alpha value is -0.160. The molecular formula is C24H52O4. The molecule has 0 amide bonds. The molecule has 0 aliphatic rings. The summed E-state index contributed by atoms with van der Waals surface area (Å²) in [4.78, 5) is 0. The maximum Gasteiger partial charge on any atom is 0.282 e. The van der Waals surface area contributed by atoms with Crippen molar-refractivity contribution < 1.29 is 19.7 Å². The molecule has 0 spiro atoms. The predicted octanol–water partition coefficient (Wildman–Crippen LogP) is 7.04. The van der Waals surface area contributed by atoms with Gasteiger partial charge in [-0.15, -0.1) is 0 Å². The first kappa shape index (κ1) is 30.0. The van der Waals surface area contributed by atoms with E-state index in [9.17, 15) is 0 Å². The van der Waals surface area contributed by atoms with Crippen LogP contribution in [0.3, 0.4) is 0 Å². The van der Waals surface area contributed by atoms with Gasteiger partial charge in [0.25, 0.3) is 5.97 Å². The summed E-state index contributed by atoms with van der Waals surface area (Å²) < 4.78 is 19.0. The van der Waals surface area contributed by atoms with E-state index in [0.717, 1.165) is 45.5 Å². The fraction of sp³-hybridized carbons (Fsp3) is 1.00. The summed E-state index contributed by atoms with van der Waals surface area (Å²) in [5.74, 6) is -0.275. The molecule has 0 saturated heterocycles. The van der Waals surface area contributed by atoms with Crippen LogP contribution in [0.5, 0.6) is 0 Å². The Morgan fingerprint density at radius 3 is 1.64 bits per heavy atom. The van der Waals surface area contributed by atoms with Crippen molar-refractivity contribution in [1.29, 1.82) is 0 Å². The summed E-state index contributed by atoms with van der Waals surface area (Å²) in [6.45, 7) is 13.4. The Labute approximate surface area is 176 Å². The van der Waals surface area contributed by atoms with Gasteiger partial charge in [0.15, 0.2) is 0 Å². The van der Waals surface area contributed by atoms with E-state index in [1.165, 1.54) is 64.2 Å². The van der Waals surface area contributed by atoms with E-state index in [1.54, 1.807) is 0 Å². The van der Waals surface area contributed by atoms with Crippen molar-refractivity contribution in [2.75, 3.05) is 19.8 Å². The van der Waals surface area contributed by atoms with Crippen molar-refractivity contribution in [3.63, 3.8) is 0 Å². The van der Waals surface area contributed by atoms with Crippen molar-refractivity contribution in [3.05, 3.63) is 0 Å². The van der Waals surface area contributed by atoms with Crippen molar-refractivity contribution in [2.24, 2.45) is 5.92 Å². The highest BCUT2D eigenvalue weighted by Crippen LogP contribution is 2.26. The molecule has 0 aliphatic heterocycles. The van der Waals surface area contributed by atoms with Gasteiger partial charge in [-0.3, -0.25) is 0 Å². The molecular weight excluding hydrogens is 352 g/mol. The Balaban J connectivity index is 0. The first-order valence-electron chi connectivity index (χ1n) is 12.1. The molecule has 0 aromatic heterocycles. The van der Waals surface area contributed by atoms with Crippen LogP contribution in [0.25, 0.3) is 0 Å². The Kier molecular flexibility index (Phi) is 23.1. The molecule has 4 heteroatoms. The fourth-order valence-electron chi connectivity index (χ4n) is 3.29. The SMILES string of the molecule is CCCCCCOC(CCCCCC)(OCCCCC)OCC(C)CCC.O. The first-order valence-corrected chi connectivity index (χ1v) is 12.1. The first-order chi connectivity index (χ1) is 13.1. The molecule has 0 aromatic rings.